The van der Waals surface area contributed by atoms with Crippen molar-refractivity contribution in [2.24, 2.45) is 0 Å². The summed E-state index contributed by atoms with van der Waals surface area (Å²) in [4.78, 5) is 0. The molecule has 0 N–H and O–H groups in total. The first-order chi connectivity index (χ1) is 9.87. The predicted molar refractivity (Wildman–Crippen MR) is 91.8 cm³/mol. The zero-order valence-corrected chi connectivity index (χ0v) is 12.5. The smallest absolute Gasteiger partial charge is 0.0191 e. The van der Waals surface area contributed by atoms with Crippen LogP contribution < -0.4 is 0 Å². The van der Waals surface area contributed by atoms with Crippen molar-refractivity contribution in [1.82, 2.24) is 0 Å². The zero-order valence-electron chi connectivity index (χ0n) is 10.8. The van der Waals surface area contributed by atoms with E-state index in [0.717, 1.165) is 0 Å². The molecule has 0 atom stereocenters. The van der Waals surface area contributed by atoms with Crippen LogP contribution in [-0.4, -0.2) is 0 Å². The molecule has 2 heterocycles. The van der Waals surface area contributed by atoms with Crippen LogP contribution in [0.4, 0.5) is 0 Å². The van der Waals surface area contributed by atoms with E-state index in [4.69, 9.17) is 0 Å². The molecule has 96 valence electrons. The maximum atomic E-state index is 2.39. The molecule has 4 aromatic rings. The molecule has 0 amide bonds. The van der Waals surface area contributed by atoms with E-state index in [1.54, 1.807) is 11.3 Å². The van der Waals surface area contributed by atoms with Crippen LogP contribution in [0.5, 0.6) is 0 Å². The van der Waals surface area contributed by atoms with Gasteiger partial charge >= 0.3 is 0 Å². The van der Waals surface area contributed by atoms with Gasteiger partial charge in [0, 0.05) is 11.5 Å². The number of rotatable bonds is 0. The Kier molecular flexibility index (Phi) is 2.24. The summed E-state index contributed by atoms with van der Waals surface area (Å²) in [5.74, 6) is 2.35. The maximum Gasteiger partial charge on any atom is 0.0191 e. The summed E-state index contributed by atoms with van der Waals surface area (Å²) in [6.07, 6.45) is 0. The molecule has 2 heteroatoms. The van der Waals surface area contributed by atoms with Crippen LogP contribution in [0.15, 0.2) is 47.2 Å². The average molecular weight is 292 g/mol. The molecule has 20 heavy (non-hydrogen) atoms. The van der Waals surface area contributed by atoms with Crippen molar-refractivity contribution in [3.63, 3.8) is 0 Å². The number of hydrogen-bond acceptors (Lipinski definition) is 2. The molecule has 5 rings (SSSR count). The Morgan fingerprint density at radius 3 is 1.55 bits per heavy atom. The predicted octanol–water partition coefficient (Wildman–Crippen LogP) is 5.95. The summed E-state index contributed by atoms with van der Waals surface area (Å²) < 4.78 is 0. The van der Waals surface area contributed by atoms with Crippen LogP contribution >= 0.6 is 23.1 Å². The molecule has 0 spiro atoms. The lowest BCUT2D eigenvalue weighted by Gasteiger charge is -2.06. The highest BCUT2D eigenvalue weighted by Gasteiger charge is 2.12. The van der Waals surface area contributed by atoms with Gasteiger partial charge in [-0.25, -0.2) is 0 Å². The number of fused-ring (bicyclic) bond motifs is 4. The number of thioether (sulfide) groups is 1. The van der Waals surface area contributed by atoms with Gasteiger partial charge < -0.3 is 0 Å². The first kappa shape index (κ1) is 11.2. The van der Waals surface area contributed by atoms with Gasteiger partial charge in [0.15, 0.2) is 0 Å². The maximum absolute atomic E-state index is 2.39. The van der Waals surface area contributed by atoms with E-state index in [2.05, 4.69) is 47.2 Å². The third-order valence-corrected chi connectivity index (χ3v) is 6.03. The standard InChI is InChI=1S/C18H12S2/c1-11-3-15-7-19-9-17(15)5-13(11)2-14-6-18-10-20-8-16(18)4-12(1)14/h1-7,9H,8,10H2. The summed E-state index contributed by atoms with van der Waals surface area (Å²) in [5, 5.41) is 12.7. The van der Waals surface area contributed by atoms with Crippen molar-refractivity contribution >= 4 is 55.4 Å². The minimum absolute atomic E-state index is 1.17. The largest absolute Gasteiger partial charge is 0.152 e. The minimum Gasteiger partial charge on any atom is -0.152 e. The Hall–Kier alpha value is -1.51. The van der Waals surface area contributed by atoms with Gasteiger partial charge in [0.25, 0.3) is 0 Å². The Balaban J connectivity index is 1.91. The van der Waals surface area contributed by atoms with Gasteiger partial charge in [-0.15, -0.1) is 0 Å². The zero-order chi connectivity index (χ0) is 13.1. The summed E-state index contributed by atoms with van der Waals surface area (Å²) >= 11 is 3.81. The van der Waals surface area contributed by atoms with Crippen molar-refractivity contribution < 1.29 is 0 Å². The van der Waals surface area contributed by atoms with Crippen molar-refractivity contribution in [2.45, 2.75) is 11.5 Å². The first-order valence-electron chi connectivity index (χ1n) is 6.80. The molecule has 1 aliphatic heterocycles. The van der Waals surface area contributed by atoms with Gasteiger partial charge in [-0.3, -0.25) is 0 Å². The van der Waals surface area contributed by atoms with Crippen LogP contribution in [0.2, 0.25) is 0 Å². The van der Waals surface area contributed by atoms with Gasteiger partial charge in [-0.1, -0.05) is 0 Å². The van der Waals surface area contributed by atoms with Crippen LogP contribution in [0.3, 0.4) is 0 Å². The van der Waals surface area contributed by atoms with Crippen LogP contribution in [-0.2, 0) is 11.5 Å². The Morgan fingerprint density at radius 1 is 0.550 bits per heavy atom. The van der Waals surface area contributed by atoms with E-state index < -0.39 is 0 Å². The van der Waals surface area contributed by atoms with E-state index >= 15 is 0 Å². The fraction of sp³-hybridized carbons (Fsp3) is 0.111. The molecular formula is C18H12S2. The summed E-state index contributed by atoms with van der Waals surface area (Å²) in [7, 11) is 0. The van der Waals surface area contributed by atoms with Crippen molar-refractivity contribution in [3.05, 3.63) is 58.3 Å². The van der Waals surface area contributed by atoms with Crippen LogP contribution in [0.25, 0.3) is 32.3 Å². The first-order valence-corrected chi connectivity index (χ1v) is 8.89. The highest BCUT2D eigenvalue weighted by molar-refractivity contribution is 7.98. The Morgan fingerprint density at radius 2 is 1.00 bits per heavy atom. The molecule has 0 radical (unpaired) electrons. The number of thiophene rings is 1. The lowest BCUT2D eigenvalue weighted by atomic mass is 9.98. The normalized spacial score (nSPS) is 14.4. The van der Waals surface area contributed by atoms with Crippen molar-refractivity contribution in [3.8, 4) is 0 Å². The fourth-order valence-corrected chi connectivity index (χ4v) is 5.00. The Bertz CT molecular complexity index is 902. The highest BCUT2D eigenvalue weighted by atomic mass is 32.2. The van der Waals surface area contributed by atoms with E-state index in [1.807, 2.05) is 11.8 Å². The molecule has 0 saturated heterocycles. The molecule has 0 bridgehead atoms. The number of benzene rings is 3. The minimum atomic E-state index is 1.17. The second kappa shape index (κ2) is 4.00. The summed E-state index contributed by atoms with van der Waals surface area (Å²) in [6, 6.07) is 14.1. The van der Waals surface area contributed by atoms with Crippen molar-refractivity contribution in [2.75, 3.05) is 0 Å². The second-order valence-electron chi connectivity index (χ2n) is 5.51. The lowest BCUT2D eigenvalue weighted by Crippen LogP contribution is -1.84. The molecule has 3 aromatic carbocycles. The van der Waals surface area contributed by atoms with Gasteiger partial charge in [-0.05, 0) is 90.6 Å². The molecule has 0 aliphatic carbocycles. The second-order valence-corrected chi connectivity index (χ2v) is 7.24. The average Bonchev–Trinajstić information content (AvgIpc) is 3.07. The molecule has 0 saturated carbocycles. The molecule has 0 fully saturated rings. The van der Waals surface area contributed by atoms with Gasteiger partial charge in [0.2, 0.25) is 0 Å². The fourth-order valence-electron chi connectivity index (χ4n) is 3.16. The third kappa shape index (κ3) is 1.55. The summed E-state index contributed by atoms with van der Waals surface area (Å²) in [6.45, 7) is 0. The van der Waals surface area contributed by atoms with Gasteiger partial charge in [0.1, 0.15) is 0 Å². The van der Waals surface area contributed by atoms with E-state index in [1.165, 1.54) is 54.9 Å². The molecule has 0 nitrogen and oxygen atoms in total. The molecule has 0 unspecified atom stereocenters. The van der Waals surface area contributed by atoms with Gasteiger partial charge in [-0.2, -0.15) is 23.1 Å². The molecular weight excluding hydrogens is 280 g/mol. The summed E-state index contributed by atoms with van der Waals surface area (Å²) in [5.41, 5.74) is 3.05. The van der Waals surface area contributed by atoms with Crippen LogP contribution in [0, 0.1) is 0 Å². The van der Waals surface area contributed by atoms with E-state index in [-0.39, 0.29) is 0 Å². The van der Waals surface area contributed by atoms with Crippen LogP contribution in [0.1, 0.15) is 11.1 Å². The van der Waals surface area contributed by atoms with Gasteiger partial charge in [0.05, 0.1) is 0 Å². The number of hydrogen-bond donors (Lipinski definition) is 0. The van der Waals surface area contributed by atoms with E-state index in [9.17, 15) is 0 Å². The quantitative estimate of drug-likeness (QED) is 0.361. The SMILES string of the molecule is c1scc2cc3cc4cc5c(cc4cc3cc12)CSC5. The van der Waals surface area contributed by atoms with E-state index in [0.29, 0.717) is 0 Å². The molecule has 1 aromatic heterocycles. The third-order valence-electron chi connectivity index (χ3n) is 4.22. The monoisotopic (exact) mass is 292 g/mol. The van der Waals surface area contributed by atoms with Crippen molar-refractivity contribution in [1.29, 1.82) is 0 Å². The topological polar surface area (TPSA) is 0 Å². The highest BCUT2D eigenvalue weighted by Crippen LogP contribution is 2.35. The molecule has 1 aliphatic rings. The Labute approximate surface area is 125 Å². The lowest BCUT2D eigenvalue weighted by molar-refractivity contribution is 1.38.